The molecule has 0 unspecified atom stereocenters. The van der Waals surface area contributed by atoms with Crippen molar-refractivity contribution in [2.75, 3.05) is 13.2 Å². The summed E-state index contributed by atoms with van der Waals surface area (Å²) in [6.45, 7) is 2.01. The second kappa shape index (κ2) is 9.65. The van der Waals surface area contributed by atoms with Crippen LogP contribution in [0.2, 0.25) is 0 Å². The van der Waals surface area contributed by atoms with Crippen LogP contribution in [0.25, 0.3) is 0 Å². The molecule has 0 heterocycles. The van der Waals surface area contributed by atoms with Crippen molar-refractivity contribution in [2.45, 2.75) is 45.4 Å². The van der Waals surface area contributed by atoms with Gasteiger partial charge in [0.2, 0.25) is 0 Å². The highest BCUT2D eigenvalue weighted by Crippen LogP contribution is 2.03. The van der Waals surface area contributed by atoms with E-state index in [9.17, 15) is 9.59 Å². The molecular weight excluding hydrogens is 196 g/mol. The second-order valence-corrected chi connectivity index (χ2v) is 3.59. The smallest absolute Gasteiger partial charge is 0.313 e. The minimum Gasteiger partial charge on any atom is -0.465 e. The van der Waals surface area contributed by atoms with Gasteiger partial charge < -0.3 is 9.84 Å². The highest BCUT2D eigenvalue weighted by Gasteiger charge is 2.05. The van der Waals surface area contributed by atoms with Crippen molar-refractivity contribution in [3.63, 3.8) is 0 Å². The topological polar surface area (TPSA) is 63.6 Å². The summed E-state index contributed by atoms with van der Waals surface area (Å²) < 4.78 is 4.85. The zero-order chi connectivity index (χ0) is 11.5. The lowest BCUT2D eigenvalue weighted by molar-refractivity contribution is -0.145. The predicted octanol–water partition coefficient (Wildman–Crippen LogP) is 1.45. The molecule has 0 atom stereocenters. The molecule has 0 bridgehead atoms. The molecule has 0 rings (SSSR count). The van der Waals surface area contributed by atoms with Gasteiger partial charge in [0.1, 0.15) is 12.2 Å². The summed E-state index contributed by atoms with van der Waals surface area (Å²) >= 11 is 0. The Bertz CT molecular complexity index is 189. The molecule has 0 aromatic carbocycles. The minimum absolute atomic E-state index is 0.121. The van der Waals surface area contributed by atoms with E-state index < -0.39 is 5.97 Å². The maximum absolute atomic E-state index is 10.9. The average Bonchev–Trinajstić information content (AvgIpc) is 2.15. The van der Waals surface area contributed by atoms with Gasteiger partial charge in [0.15, 0.2) is 0 Å². The highest BCUT2D eigenvalue weighted by molar-refractivity contribution is 5.94. The monoisotopic (exact) mass is 216 g/mol. The largest absolute Gasteiger partial charge is 0.465 e. The number of hydrogen-bond acceptors (Lipinski definition) is 4. The Kier molecular flexibility index (Phi) is 9.07. The molecule has 0 saturated carbocycles. The van der Waals surface area contributed by atoms with Crippen molar-refractivity contribution in [2.24, 2.45) is 0 Å². The minimum atomic E-state index is -0.433. The lowest BCUT2D eigenvalue weighted by Crippen LogP contribution is -2.09. The Balaban J connectivity index is 3.16. The van der Waals surface area contributed by atoms with Crippen molar-refractivity contribution < 1.29 is 19.4 Å². The number of carbonyl (C=O) groups is 2. The van der Waals surface area contributed by atoms with Crippen LogP contribution in [-0.2, 0) is 14.3 Å². The maximum Gasteiger partial charge on any atom is 0.313 e. The van der Waals surface area contributed by atoms with Gasteiger partial charge in [0, 0.05) is 6.61 Å². The van der Waals surface area contributed by atoms with Gasteiger partial charge in [-0.1, -0.05) is 19.3 Å². The highest BCUT2D eigenvalue weighted by atomic mass is 16.5. The van der Waals surface area contributed by atoms with Crippen molar-refractivity contribution >= 4 is 11.8 Å². The van der Waals surface area contributed by atoms with Crippen molar-refractivity contribution in [1.29, 1.82) is 0 Å². The summed E-state index contributed by atoms with van der Waals surface area (Å²) in [7, 11) is 0. The number of Topliss-reactive ketones (excluding diaryl/α,β-unsaturated/α-hetero) is 1. The quantitative estimate of drug-likeness (QED) is 0.360. The van der Waals surface area contributed by atoms with E-state index in [2.05, 4.69) is 0 Å². The van der Waals surface area contributed by atoms with E-state index in [1.165, 1.54) is 6.92 Å². The van der Waals surface area contributed by atoms with E-state index in [-0.39, 0.29) is 18.8 Å². The molecule has 15 heavy (non-hydrogen) atoms. The Morgan fingerprint density at radius 2 is 1.67 bits per heavy atom. The Morgan fingerprint density at radius 1 is 1.07 bits per heavy atom. The van der Waals surface area contributed by atoms with Gasteiger partial charge in [0.25, 0.3) is 0 Å². The number of aliphatic hydroxyl groups excluding tert-OH is 1. The molecule has 0 aromatic rings. The van der Waals surface area contributed by atoms with Crippen molar-refractivity contribution in [3.05, 3.63) is 0 Å². The van der Waals surface area contributed by atoms with Gasteiger partial charge in [-0.3, -0.25) is 9.59 Å². The van der Waals surface area contributed by atoms with Crippen LogP contribution < -0.4 is 0 Å². The van der Waals surface area contributed by atoms with Gasteiger partial charge in [-0.25, -0.2) is 0 Å². The summed E-state index contributed by atoms with van der Waals surface area (Å²) in [5.74, 6) is -0.596. The third kappa shape index (κ3) is 11.0. The van der Waals surface area contributed by atoms with Crippen LogP contribution in [0.3, 0.4) is 0 Å². The van der Waals surface area contributed by atoms with E-state index in [1.807, 2.05) is 0 Å². The molecular formula is C11H20O4. The number of aliphatic hydroxyl groups is 1. The molecule has 0 aliphatic carbocycles. The molecule has 88 valence electrons. The SMILES string of the molecule is CC(=O)CC(=O)OCCCCCCCO. The third-order valence-corrected chi connectivity index (χ3v) is 1.96. The van der Waals surface area contributed by atoms with E-state index in [1.54, 1.807) is 0 Å². The van der Waals surface area contributed by atoms with Gasteiger partial charge in [0.05, 0.1) is 6.61 Å². The molecule has 0 aliphatic heterocycles. The first-order valence-corrected chi connectivity index (χ1v) is 5.42. The summed E-state index contributed by atoms with van der Waals surface area (Å²) in [6, 6.07) is 0. The van der Waals surface area contributed by atoms with Crippen LogP contribution in [0.15, 0.2) is 0 Å². The molecule has 4 nitrogen and oxygen atoms in total. The van der Waals surface area contributed by atoms with Crippen molar-refractivity contribution in [1.82, 2.24) is 0 Å². The fourth-order valence-corrected chi connectivity index (χ4v) is 1.18. The van der Waals surface area contributed by atoms with E-state index in [0.717, 1.165) is 32.1 Å². The average molecular weight is 216 g/mol. The second-order valence-electron chi connectivity index (χ2n) is 3.59. The van der Waals surface area contributed by atoms with Gasteiger partial charge in [-0.2, -0.15) is 0 Å². The van der Waals surface area contributed by atoms with E-state index >= 15 is 0 Å². The lowest BCUT2D eigenvalue weighted by Gasteiger charge is -2.03. The molecule has 0 spiro atoms. The number of ether oxygens (including phenoxy) is 1. The molecule has 0 fully saturated rings. The normalized spacial score (nSPS) is 10.0. The zero-order valence-corrected chi connectivity index (χ0v) is 9.33. The summed E-state index contributed by atoms with van der Waals surface area (Å²) in [4.78, 5) is 21.4. The van der Waals surface area contributed by atoms with Crippen LogP contribution in [-0.4, -0.2) is 30.1 Å². The number of ketones is 1. The Labute approximate surface area is 90.6 Å². The molecule has 0 aromatic heterocycles. The number of carbonyl (C=O) groups excluding carboxylic acids is 2. The van der Waals surface area contributed by atoms with Crippen LogP contribution in [0.5, 0.6) is 0 Å². The number of esters is 1. The predicted molar refractivity (Wildman–Crippen MR) is 56.4 cm³/mol. The van der Waals surface area contributed by atoms with Gasteiger partial charge in [-0.05, 0) is 19.8 Å². The molecule has 0 aliphatic rings. The molecule has 0 amide bonds. The first-order chi connectivity index (χ1) is 7.16. The van der Waals surface area contributed by atoms with E-state index in [0.29, 0.717) is 6.61 Å². The van der Waals surface area contributed by atoms with Crippen LogP contribution in [0.4, 0.5) is 0 Å². The standard InChI is InChI=1S/C11H20O4/c1-10(13)9-11(14)15-8-6-4-2-3-5-7-12/h12H,2-9H2,1H3. The number of hydrogen-bond donors (Lipinski definition) is 1. The fraction of sp³-hybridized carbons (Fsp3) is 0.818. The van der Waals surface area contributed by atoms with Crippen LogP contribution >= 0.6 is 0 Å². The first-order valence-electron chi connectivity index (χ1n) is 5.42. The number of unbranched alkanes of at least 4 members (excludes halogenated alkanes) is 4. The molecule has 4 heteroatoms. The number of rotatable bonds is 9. The summed E-state index contributed by atoms with van der Waals surface area (Å²) in [5.41, 5.74) is 0. The first kappa shape index (κ1) is 14.1. The summed E-state index contributed by atoms with van der Waals surface area (Å²) in [6.07, 6.45) is 4.60. The van der Waals surface area contributed by atoms with Gasteiger partial charge >= 0.3 is 5.97 Å². The third-order valence-electron chi connectivity index (χ3n) is 1.96. The molecule has 1 N–H and O–H groups in total. The van der Waals surface area contributed by atoms with Gasteiger partial charge in [-0.15, -0.1) is 0 Å². The fourth-order valence-electron chi connectivity index (χ4n) is 1.18. The van der Waals surface area contributed by atoms with Crippen LogP contribution in [0, 0.1) is 0 Å². The van der Waals surface area contributed by atoms with E-state index in [4.69, 9.17) is 9.84 Å². The molecule has 0 radical (unpaired) electrons. The summed E-state index contributed by atoms with van der Waals surface area (Å²) in [5, 5.41) is 8.52. The zero-order valence-electron chi connectivity index (χ0n) is 9.33. The Morgan fingerprint density at radius 3 is 2.27 bits per heavy atom. The van der Waals surface area contributed by atoms with Crippen LogP contribution in [0.1, 0.15) is 45.4 Å². The lowest BCUT2D eigenvalue weighted by atomic mass is 10.1. The maximum atomic E-state index is 10.9. The Hall–Kier alpha value is -0.900. The molecule has 0 saturated heterocycles. The van der Waals surface area contributed by atoms with Crippen molar-refractivity contribution in [3.8, 4) is 0 Å².